The molecule has 0 spiro atoms. The molecule has 0 heterocycles. The number of rotatable bonds is 3. The van der Waals surface area contributed by atoms with Gasteiger partial charge >= 0.3 is 0 Å². The lowest BCUT2D eigenvalue weighted by atomic mass is 10.1. The van der Waals surface area contributed by atoms with Gasteiger partial charge in [0.05, 0.1) is 0 Å². The third-order valence-electron chi connectivity index (χ3n) is 2.48. The topological polar surface area (TPSA) is 63.3 Å². The first kappa shape index (κ1) is 11.2. The summed E-state index contributed by atoms with van der Waals surface area (Å²) in [6, 6.07) is 11.1. The molecule has 2 aromatic carbocycles. The van der Waals surface area contributed by atoms with Crippen molar-refractivity contribution >= 4 is 22.8 Å². The summed E-state index contributed by atoms with van der Waals surface area (Å²) < 4.78 is 0. The van der Waals surface area contributed by atoms with Crippen LogP contribution in [0.15, 0.2) is 42.5 Å². The number of carbonyl (C=O) groups excluding carboxylic acids is 1. The molecule has 0 fully saturated rings. The molecule has 0 atom stereocenters. The first-order valence-corrected chi connectivity index (χ1v) is 5.33. The number of carbonyl (C=O) groups is 1. The van der Waals surface area contributed by atoms with Crippen molar-refractivity contribution in [3.63, 3.8) is 0 Å². The second kappa shape index (κ2) is 4.70. The van der Waals surface area contributed by atoms with Gasteiger partial charge in [0.25, 0.3) is 0 Å². The fourth-order valence-corrected chi connectivity index (χ4v) is 1.67. The van der Waals surface area contributed by atoms with Gasteiger partial charge in [-0.15, -0.1) is 0 Å². The van der Waals surface area contributed by atoms with Gasteiger partial charge < -0.3 is 10.8 Å². The van der Waals surface area contributed by atoms with Gasteiger partial charge in [0.2, 0.25) is 5.91 Å². The molecule has 3 nitrogen and oxygen atoms in total. The van der Waals surface area contributed by atoms with Gasteiger partial charge in [-0.3, -0.25) is 4.79 Å². The molecule has 0 radical (unpaired) electrons. The van der Waals surface area contributed by atoms with Gasteiger partial charge in [0.15, 0.2) is 0 Å². The van der Waals surface area contributed by atoms with Gasteiger partial charge in [-0.05, 0) is 34.5 Å². The lowest BCUT2D eigenvalue weighted by Crippen LogP contribution is -2.07. The number of aromatic hydroxyl groups is 1. The summed E-state index contributed by atoms with van der Waals surface area (Å²) in [5, 5.41) is 11.4. The van der Waals surface area contributed by atoms with Crippen LogP contribution < -0.4 is 5.73 Å². The van der Waals surface area contributed by atoms with Gasteiger partial charge in [-0.25, -0.2) is 0 Å². The average molecular weight is 227 g/mol. The van der Waals surface area contributed by atoms with Crippen molar-refractivity contribution in [2.75, 3.05) is 0 Å². The molecule has 0 bridgehead atoms. The van der Waals surface area contributed by atoms with E-state index in [2.05, 4.69) is 0 Å². The zero-order chi connectivity index (χ0) is 12.3. The fourth-order valence-electron chi connectivity index (χ4n) is 1.67. The number of benzene rings is 2. The molecule has 17 heavy (non-hydrogen) atoms. The van der Waals surface area contributed by atoms with Crippen molar-refractivity contribution in [2.45, 2.75) is 6.42 Å². The van der Waals surface area contributed by atoms with E-state index in [0.717, 1.165) is 16.3 Å². The Hall–Kier alpha value is -2.29. The quantitative estimate of drug-likeness (QED) is 0.845. The highest BCUT2D eigenvalue weighted by atomic mass is 16.3. The second-order valence-electron chi connectivity index (χ2n) is 3.86. The molecule has 86 valence electrons. The molecule has 0 aliphatic carbocycles. The normalized spacial score (nSPS) is 11.1. The highest BCUT2D eigenvalue weighted by molar-refractivity contribution is 5.86. The summed E-state index contributed by atoms with van der Waals surface area (Å²) in [7, 11) is 0. The van der Waals surface area contributed by atoms with Gasteiger partial charge in [0, 0.05) is 6.42 Å². The Morgan fingerprint density at radius 2 is 1.94 bits per heavy atom. The molecule has 0 aliphatic rings. The lowest BCUT2D eigenvalue weighted by molar-refractivity contribution is -0.117. The van der Waals surface area contributed by atoms with E-state index in [0.29, 0.717) is 0 Å². The first-order valence-electron chi connectivity index (χ1n) is 5.33. The van der Waals surface area contributed by atoms with E-state index < -0.39 is 0 Å². The Morgan fingerprint density at radius 3 is 2.71 bits per heavy atom. The minimum Gasteiger partial charge on any atom is -0.508 e. The Kier molecular flexibility index (Phi) is 3.10. The molecule has 2 rings (SSSR count). The maximum Gasteiger partial charge on any atom is 0.221 e. The van der Waals surface area contributed by atoms with Crippen molar-refractivity contribution in [2.24, 2.45) is 5.73 Å². The summed E-state index contributed by atoms with van der Waals surface area (Å²) in [6.45, 7) is 0. The predicted molar refractivity (Wildman–Crippen MR) is 68.5 cm³/mol. The maximum absolute atomic E-state index is 10.6. The van der Waals surface area contributed by atoms with Gasteiger partial charge in [0.1, 0.15) is 5.75 Å². The summed E-state index contributed by atoms with van der Waals surface area (Å²) in [5.41, 5.74) is 6.02. The van der Waals surface area contributed by atoms with Gasteiger partial charge in [-0.2, -0.15) is 0 Å². The van der Waals surface area contributed by atoms with Crippen LogP contribution in [0.1, 0.15) is 12.0 Å². The third-order valence-corrected chi connectivity index (χ3v) is 2.48. The van der Waals surface area contributed by atoms with Gasteiger partial charge in [-0.1, -0.05) is 30.4 Å². The summed E-state index contributed by atoms with van der Waals surface area (Å²) >= 11 is 0. The SMILES string of the molecule is NC(=O)CC=Cc1ccc2ccc(O)cc2c1. The van der Waals surface area contributed by atoms with Crippen molar-refractivity contribution in [1.82, 2.24) is 0 Å². The minimum atomic E-state index is -0.348. The van der Waals surface area contributed by atoms with Crippen molar-refractivity contribution in [3.05, 3.63) is 48.0 Å². The van der Waals surface area contributed by atoms with E-state index in [1.165, 1.54) is 0 Å². The largest absolute Gasteiger partial charge is 0.508 e. The minimum absolute atomic E-state index is 0.234. The zero-order valence-corrected chi connectivity index (χ0v) is 9.26. The van der Waals surface area contributed by atoms with E-state index in [1.54, 1.807) is 18.2 Å². The van der Waals surface area contributed by atoms with Crippen LogP contribution in [0.25, 0.3) is 16.8 Å². The summed E-state index contributed by atoms with van der Waals surface area (Å²) in [4.78, 5) is 10.6. The standard InChI is InChI=1S/C14H13NO2/c15-14(17)3-1-2-10-4-5-11-6-7-13(16)9-12(11)8-10/h1-2,4-9,16H,3H2,(H2,15,17). The fraction of sp³-hybridized carbons (Fsp3) is 0.0714. The van der Waals surface area contributed by atoms with Crippen LogP contribution in [-0.2, 0) is 4.79 Å². The predicted octanol–water partition coefficient (Wildman–Crippen LogP) is 2.43. The molecule has 3 heteroatoms. The number of phenols is 1. The second-order valence-corrected chi connectivity index (χ2v) is 3.86. The van der Waals surface area contributed by atoms with E-state index in [-0.39, 0.29) is 18.1 Å². The molecule has 2 aromatic rings. The highest BCUT2D eigenvalue weighted by Gasteiger charge is 1.96. The Bertz CT molecular complexity index is 588. The monoisotopic (exact) mass is 227 g/mol. The molecular formula is C14H13NO2. The van der Waals surface area contributed by atoms with Crippen LogP contribution in [-0.4, -0.2) is 11.0 Å². The molecule has 0 aliphatic heterocycles. The van der Waals surface area contributed by atoms with Crippen LogP contribution in [0, 0.1) is 0 Å². The zero-order valence-electron chi connectivity index (χ0n) is 9.26. The number of fused-ring (bicyclic) bond motifs is 1. The smallest absolute Gasteiger partial charge is 0.221 e. The lowest BCUT2D eigenvalue weighted by Gasteiger charge is -2.00. The third kappa shape index (κ3) is 2.84. The van der Waals surface area contributed by atoms with E-state index in [4.69, 9.17) is 5.73 Å². The summed E-state index contributed by atoms with van der Waals surface area (Å²) in [5.74, 6) is -0.101. The number of hydrogen-bond acceptors (Lipinski definition) is 2. The van der Waals surface area contributed by atoms with E-state index in [9.17, 15) is 9.90 Å². The molecule has 0 saturated heterocycles. The molecule has 0 aromatic heterocycles. The van der Waals surface area contributed by atoms with Crippen LogP contribution in [0.4, 0.5) is 0 Å². The van der Waals surface area contributed by atoms with E-state index in [1.807, 2.05) is 30.3 Å². The highest BCUT2D eigenvalue weighted by Crippen LogP contribution is 2.21. The van der Waals surface area contributed by atoms with Crippen molar-refractivity contribution in [3.8, 4) is 5.75 Å². The van der Waals surface area contributed by atoms with Crippen molar-refractivity contribution in [1.29, 1.82) is 0 Å². The van der Waals surface area contributed by atoms with Crippen LogP contribution >= 0.6 is 0 Å². The van der Waals surface area contributed by atoms with Crippen LogP contribution in [0.2, 0.25) is 0 Å². The number of hydrogen-bond donors (Lipinski definition) is 2. The molecule has 1 amide bonds. The number of amides is 1. The Labute approximate surface area is 99.2 Å². The van der Waals surface area contributed by atoms with Crippen molar-refractivity contribution < 1.29 is 9.90 Å². The maximum atomic E-state index is 10.6. The number of nitrogens with two attached hydrogens (primary N) is 1. The average Bonchev–Trinajstić information content (AvgIpc) is 2.28. The molecule has 3 N–H and O–H groups in total. The van der Waals surface area contributed by atoms with Crippen LogP contribution in [0.5, 0.6) is 5.75 Å². The number of primary amides is 1. The Balaban J connectivity index is 2.30. The van der Waals surface area contributed by atoms with Crippen LogP contribution in [0.3, 0.4) is 0 Å². The first-order chi connectivity index (χ1) is 8.15. The molecule has 0 unspecified atom stereocenters. The van der Waals surface area contributed by atoms with E-state index >= 15 is 0 Å². The molecule has 0 saturated carbocycles. The number of phenolic OH excluding ortho intramolecular Hbond substituents is 1. The molecular weight excluding hydrogens is 214 g/mol. The summed E-state index contributed by atoms with van der Waals surface area (Å²) in [6.07, 6.45) is 3.80. The Morgan fingerprint density at radius 1 is 1.18 bits per heavy atom.